The normalized spacial score (nSPS) is 27.1. The first kappa shape index (κ1) is 13.3. The molecule has 0 aliphatic carbocycles. The molecule has 2 aliphatic heterocycles. The predicted molar refractivity (Wildman–Crippen MR) is 80.9 cm³/mol. The summed E-state index contributed by atoms with van der Waals surface area (Å²) in [5, 5.41) is 0. The molecule has 2 aliphatic rings. The summed E-state index contributed by atoms with van der Waals surface area (Å²) in [5.74, 6) is 1.63. The lowest BCUT2D eigenvalue weighted by atomic mass is 9.77. The number of fused-ring (bicyclic) bond motifs is 2. The Bertz CT molecular complexity index is 552. The first-order valence-electron chi connectivity index (χ1n) is 7.35. The van der Waals surface area contributed by atoms with Crippen molar-refractivity contribution in [3.8, 4) is 5.75 Å². The van der Waals surface area contributed by atoms with Crippen LogP contribution in [-0.4, -0.2) is 29.6 Å². The van der Waals surface area contributed by atoms with Gasteiger partial charge in [-0.05, 0) is 26.3 Å². The topological polar surface area (TPSA) is 50.8 Å². The third-order valence-corrected chi connectivity index (χ3v) is 4.24. The van der Waals surface area contributed by atoms with Crippen molar-refractivity contribution in [1.29, 1.82) is 0 Å². The Morgan fingerprint density at radius 2 is 2.10 bits per heavy atom. The largest absolute Gasteiger partial charge is 0.487 e. The Hall–Kier alpha value is -1.71. The SMILES string of the molecule is CCCN1C(N)=NCC12CC(C)(C)Oc1ccccc12. The summed E-state index contributed by atoms with van der Waals surface area (Å²) in [5.41, 5.74) is 7.02. The highest BCUT2D eigenvalue weighted by Crippen LogP contribution is 2.48. The first-order chi connectivity index (χ1) is 9.48. The van der Waals surface area contributed by atoms with Gasteiger partial charge in [-0.2, -0.15) is 0 Å². The van der Waals surface area contributed by atoms with Crippen LogP contribution in [0.15, 0.2) is 29.3 Å². The summed E-state index contributed by atoms with van der Waals surface area (Å²) in [7, 11) is 0. The lowest BCUT2D eigenvalue weighted by Crippen LogP contribution is -2.56. The molecule has 3 rings (SSSR count). The molecule has 0 bridgehead atoms. The van der Waals surface area contributed by atoms with Gasteiger partial charge in [0.15, 0.2) is 5.96 Å². The van der Waals surface area contributed by atoms with Crippen LogP contribution < -0.4 is 10.5 Å². The zero-order valence-electron chi connectivity index (χ0n) is 12.5. The number of rotatable bonds is 2. The van der Waals surface area contributed by atoms with Gasteiger partial charge in [0.1, 0.15) is 11.4 Å². The average Bonchev–Trinajstić information content (AvgIpc) is 2.68. The van der Waals surface area contributed by atoms with E-state index in [2.05, 4.69) is 48.9 Å². The highest BCUT2D eigenvalue weighted by molar-refractivity contribution is 5.81. The van der Waals surface area contributed by atoms with Crippen LogP contribution in [-0.2, 0) is 5.54 Å². The molecule has 0 aromatic heterocycles. The van der Waals surface area contributed by atoms with E-state index < -0.39 is 0 Å². The van der Waals surface area contributed by atoms with Crippen molar-refractivity contribution in [2.24, 2.45) is 10.7 Å². The maximum atomic E-state index is 6.15. The number of nitrogens with two attached hydrogens (primary N) is 1. The van der Waals surface area contributed by atoms with Crippen molar-refractivity contribution < 1.29 is 4.74 Å². The van der Waals surface area contributed by atoms with Gasteiger partial charge in [-0.3, -0.25) is 4.99 Å². The van der Waals surface area contributed by atoms with Gasteiger partial charge >= 0.3 is 0 Å². The second-order valence-corrected chi connectivity index (χ2v) is 6.39. The molecule has 108 valence electrons. The zero-order valence-corrected chi connectivity index (χ0v) is 12.5. The van der Waals surface area contributed by atoms with Crippen LogP contribution in [0.5, 0.6) is 5.75 Å². The zero-order chi connectivity index (χ0) is 14.4. The van der Waals surface area contributed by atoms with Crippen LogP contribution in [0.1, 0.15) is 39.2 Å². The number of para-hydroxylation sites is 1. The van der Waals surface area contributed by atoms with E-state index in [1.54, 1.807) is 0 Å². The quantitative estimate of drug-likeness (QED) is 0.900. The van der Waals surface area contributed by atoms with E-state index in [1.165, 1.54) is 5.56 Å². The van der Waals surface area contributed by atoms with Gasteiger partial charge in [0.25, 0.3) is 0 Å². The summed E-state index contributed by atoms with van der Waals surface area (Å²) in [6.07, 6.45) is 1.96. The highest BCUT2D eigenvalue weighted by atomic mass is 16.5. The van der Waals surface area contributed by atoms with Gasteiger partial charge in [-0.1, -0.05) is 25.1 Å². The molecule has 2 heterocycles. The summed E-state index contributed by atoms with van der Waals surface area (Å²) in [6, 6.07) is 8.30. The number of ether oxygens (including phenoxy) is 1. The van der Waals surface area contributed by atoms with E-state index in [-0.39, 0.29) is 11.1 Å². The van der Waals surface area contributed by atoms with Crippen LogP contribution in [0.25, 0.3) is 0 Å². The Morgan fingerprint density at radius 3 is 2.85 bits per heavy atom. The monoisotopic (exact) mass is 273 g/mol. The molecule has 1 atom stereocenters. The minimum atomic E-state index is -0.208. The Balaban J connectivity index is 2.12. The summed E-state index contributed by atoms with van der Waals surface area (Å²) in [6.45, 7) is 8.12. The summed E-state index contributed by atoms with van der Waals surface area (Å²) < 4.78 is 6.15. The van der Waals surface area contributed by atoms with E-state index in [0.717, 1.165) is 31.7 Å². The second kappa shape index (κ2) is 4.40. The van der Waals surface area contributed by atoms with Gasteiger partial charge in [-0.15, -0.1) is 0 Å². The maximum absolute atomic E-state index is 6.15. The standard InChI is InChI=1S/C16H23N3O/c1-4-9-19-14(17)18-11-16(19)10-15(2,3)20-13-8-6-5-7-12(13)16/h5-8H,4,9-11H2,1-3H3,(H2,17,18). The third-order valence-electron chi connectivity index (χ3n) is 4.24. The van der Waals surface area contributed by atoms with Crippen LogP contribution in [0.3, 0.4) is 0 Å². The van der Waals surface area contributed by atoms with Crippen molar-refractivity contribution in [1.82, 2.24) is 4.90 Å². The lowest BCUT2D eigenvalue weighted by molar-refractivity contribution is 0.00822. The highest BCUT2D eigenvalue weighted by Gasteiger charge is 2.51. The lowest BCUT2D eigenvalue weighted by Gasteiger charge is -2.48. The number of hydrogen-bond acceptors (Lipinski definition) is 4. The van der Waals surface area contributed by atoms with E-state index in [0.29, 0.717) is 5.96 Å². The smallest absolute Gasteiger partial charge is 0.192 e. The van der Waals surface area contributed by atoms with E-state index in [1.807, 2.05) is 6.07 Å². The van der Waals surface area contributed by atoms with Crippen LogP contribution >= 0.6 is 0 Å². The number of aliphatic imine (C=N–C) groups is 1. The predicted octanol–water partition coefficient (Wildman–Crippen LogP) is 2.48. The fourth-order valence-electron chi connectivity index (χ4n) is 3.61. The number of benzene rings is 1. The number of nitrogens with zero attached hydrogens (tertiary/aromatic N) is 2. The van der Waals surface area contributed by atoms with Crippen molar-refractivity contribution >= 4 is 5.96 Å². The van der Waals surface area contributed by atoms with E-state index >= 15 is 0 Å². The van der Waals surface area contributed by atoms with Crippen LogP contribution in [0, 0.1) is 0 Å². The van der Waals surface area contributed by atoms with E-state index in [9.17, 15) is 0 Å². The average molecular weight is 273 g/mol. The molecule has 1 unspecified atom stereocenters. The molecular weight excluding hydrogens is 250 g/mol. The molecule has 2 N–H and O–H groups in total. The Morgan fingerprint density at radius 1 is 1.35 bits per heavy atom. The molecule has 20 heavy (non-hydrogen) atoms. The fourth-order valence-corrected chi connectivity index (χ4v) is 3.61. The van der Waals surface area contributed by atoms with Crippen molar-refractivity contribution in [2.45, 2.75) is 44.8 Å². The first-order valence-corrected chi connectivity index (χ1v) is 7.35. The van der Waals surface area contributed by atoms with E-state index in [4.69, 9.17) is 10.5 Å². The van der Waals surface area contributed by atoms with Gasteiger partial charge in [0.2, 0.25) is 0 Å². The number of guanidine groups is 1. The van der Waals surface area contributed by atoms with Crippen LogP contribution in [0.2, 0.25) is 0 Å². The third kappa shape index (κ3) is 1.86. The molecule has 1 aromatic rings. The minimum absolute atomic E-state index is 0.140. The van der Waals surface area contributed by atoms with Gasteiger partial charge in [0.05, 0.1) is 12.1 Å². The molecule has 0 saturated heterocycles. The second-order valence-electron chi connectivity index (χ2n) is 6.39. The van der Waals surface area contributed by atoms with Crippen molar-refractivity contribution in [2.75, 3.05) is 13.1 Å². The molecule has 0 saturated carbocycles. The molecule has 1 aromatic carbocycles. The number of hydrogen-bond donors (Lipinski definition) is 1. The molecule has 0 amide bonds. The maximum Gasteiger partial charge on any atom is 0.192 e. The van der Waals surface area contributed by atoms with Crippen molar-refractivity contribution in [3.05, 3.63) is 29.8 Å². The minimum Gasteiger partial charge on any atom is -0.487 e. The summed E-state index contributed by atoms with van der Waals surface area (Å²) in [4.78, 5) is 6.82. The van der Waals surface area contributed by atoms with Gasteiger partial charge < -0.3 is 15.4 Å². The Labute approximate surface area is 120 Å². The fraction of sp³-hybridized carbons (Fsp3) is 0.562. The molecule has 1 spiro atoms. The van der Waals surface area contributed by atoms with Gasteiger partial charge in [0, 0.05) is 18.5 Å². The van der Waals surface area contributed by atoms with Crippen molar-refractivity contribution in [3.63, 3.8) is 0 Å². The molecule has 4 heteroatoms. The summed E-state index contributed by atoms with van der Waals surface area (Å²) >= 11 is 0. The molecular formula is C16H23N3O. The van der Waals surface area contributed by atoms with Crippen LogP contribution in [0.4, 0.5) is 0 Å². The molecule has 0 radical (unpaired) electrons. The molecule has 0 fully saturated rings. The Kier molecular flexibility index (Phi) is 2.92. The molecule has 4 nitrogen and oxygen atoms in total. The van der Waals surface area contributed by atoms with Gasteiger partial charge in [-0.25, -0.2) is 0 Å².